The fourth-order valence-electron chi connectivity index (χ4n) is 9.82. The van der Waals surface area contributed by atoms with Crippen LogP contribution in [0.5, 0.6) is 0 Å². The number of hydrogen-bond acceptors (Lipinski definition) is 1. The van der Waals surface area contributed by atoms with E-state index in [0.717, 1.165) is 41.4 Å². The zero-order chi connectivity index (χ0) is 36.0. The molecular weight excluding hydrogens is 579 g/mol. The van der Waals surface area contributed by atoms with Crippen LogP contribution in [0, 0.1) is 64.6 Å². The second kappa shape index (κ2) is 21.3. The number of rotatable bonds is 20. The fraction of sp³-hybridized carbons (Fsp3) is 0.830. The molecule has 0 aromatic rings. The zero-order valence-electron chi connectivity index (χ0n) is 34.8. The summed E-state index contributed by atoms with van der Waals surface area (Å²) in [5, 5.41) is 0. The summed E-state index contributed by atoms with van der Waals surface area (Å²) in [5.41, 5.74) is 12.6. The van der Waals surface area contributed by atoms with Crippen LogP contribution in [0.15, 0.2) is 46.6 Å². The van der Waals surface area contributed by atoms with Crippen LogP contribution in [0.4, 0.5) is 0 Å². The predicted molar refractivity (Wildman–Crippen MR) is 217 cm³/mol. The minimum Gasteiger partial charge on any atom is -0.327 e. The predicted octanol–water partition coefficient (Wildman–Crippen LogP) is 14.5. The van der Waals surface area contributed by atoms with E-state index in [-0.39, 0.29) is 0 Å². The Hall–Kier alpha value is -1.08. The van der Waals surface area contributed by atoms with Crippen molar-refractivity contribution in [3.8, 4) is 0 Å². The van der Waals surface area contributed by atoms with Crippen LogP contribution in [0.2, 0.25) is 0 Å². The van der Waals surface area contributed by atoms with E-state index in [1.165, 1.54) is 101 Å². The molecule has 0 aromatic carbocycles. The Balaban J connectivity index is 2.08. The summed E-state index contributed by atoms with van der Waals surface area (Å²) in [4.78, 5) is 0. The van der Waals surface area contributed by atoms with Gasteiger partial charge in [0.25, 0.3) is 0 Å². The Morgan fingerprint density at radius 1 is 0.917 bits per heavy atom. The van der Waals surface area contributed by atoms with Crippen molar-refractivity contribution in [2.24, 2.45) is 70.3 Å². The molecule has 1 heteroatoms. The lowest BCUT2D eigenvalue weighted by Gasteiger charge is -2.30. The number of hydrogen-bond donors (Lipinski definition) is 1. The van der Waals surface area contributed by atoms with Crippen molar-refractivity contribution >= 4 is 0 Å². The highest BCUT2D eigenvalue weighted by atomic mass is 14.5. The molecule has 0 spiro atoms. The van der Waals surface area contributed by atoms with Crippen molar-refractivity contribution in [3.05, 3.63) is 46.6 Å². The summed E-state index contributed by atoms with van der Waals surface area (Å²) in [6.07, 6.45) is 29.3. The topological polar surface area (TPSA) is 26.0 Å². The molecule has 1 nitrogen and oxygen atoms in total. The monoisotopic (exact) mass is 664 g/mol. The maximum atomic E-state index is 6.05. The summed E-state index contributed by atoms with van der Waals surface area (Å²) in [6, 6.07) is 0. The Morgan fingerprint density at radius 2 is 1.60 bits per heavy atom. The van der Waals surface area contributed by atoms with E-state index in [1.807, 2.05) is 0 Å². The van der Waals surface area contributed by atoms with E-state index in [0.29, 0.717) is 29.7 Å². The molecule has 278 valence electrons. The SMILES string of the molecule is CCCC(CCCC(C)CC(CC)C(C)C(C)=CC(C)(C)CCC)C(C)CC1C(=C(C)C=C(C)CN)C1C1C=CC(C)C(C)CCCC1. The van der Waals surface area contributed by atoms with Gasteiger partial charge in [-0.3, -0.25) is 0 Å². The summed E-state index contributed by atoms with van der Waals surface area (Å²) >= 11 is 0. The van der Waals surface area contributed by atoms with Gasteiger partial charge < -0.3 is 5.73 Å². The van der Waals surface area contributed by atoms with Crippen LogP contribution < -0.4 is 5.73 Å². The van der Waals surface area contributed by atoms with Crippen molar-refractivity contribution in [2.75, 3.05) is 6.54 Å². The van der Waals surface area contributed by atoms with Crippen molar-refractivity contribution in [1.29, 1.82) is 0 Å². The smallest absolute Gasteiger partial charge is 0.0137 e. The lowest BCUT2D eigenvalue weighted by Crippen LogP contribution is -2.18. The largest absolute Gasteiger partial charge is 0.327 e. The lowest BCUT2D eigenvalue weighted by molar-refractivity contribution is 0.254. The molecule has 0 radical (unpaired) electrons. The van der Waals surface area contributed by atoms with Gasteiger partial charge in [0.2, 0.25) is 0 Å². The molecule has 1 fully saturated rings. The average Bonchev–Trinajstić information content (AvgIpc) is 3.73. The summed E-state index contributed by atoms with van der Waals surface area (Å²) in [6.45, 7) is 32.2. The minimum atomic E-state index is 0.320. The summed E-state index contributed by atoms with van der Waals surface area (Å²) in [7, 11) is 0. The van der Waals surface area contributed by atoms with Crippen molar-refractivity contribution < 1.29 is 0 Å². The first kappa shape index (κ1) is 43.1. The maximum Gasteiger partial charge on any atom is 0.0137 e. The van der Waals surface area contributed by atoms with Gasteiger partial charge in [-0.2, -0.15) is 0 Å². The molecule has 48 heavy (non-hydrogen) atoms. The Bertz CT molecular complexity index is 1040. The third kappa shape index (κ3) is 13.9. The van der Waals surface area contributed by atoms with Gasteiger partial charge in [-0.05, 0) is 111 Å². The molecule has 0 saturated heterocycles. The zero-order valence-corrected chi connectivity index (χ0v) is 34.8. The Morgan fingerprint density at radius 3 is 2.23 bits per heavy atom. The van der Waals surface area contributed by atoms with Gasteiger partial charge in [-0.25, -0.2) is 0 Å². The van der Waals surface area contributed by atoms with E-state index in [1.54, 1.807) is 11.1 Å². The molecule has 2 aliphatic rings. The van der Waals surface area contributed by atoms with E-state index in [9.17, 15) is 0 Å². The van der Waals surface area contributed by atoms with E-state index in [2.05, 4.69) is 114 Å². The molecule has 0 aromatic heterocycles. The average molecular weight is 664 g/mol. The fourth-order valence-corrected chi connectivity index (χ4v) is 9.82. The second-order valence-electron chi connectivity index (χ2n) is 18.3. The van der Waals surface area contributed by atoms with Crippen LogP contribution in [-0.2, 0) is 0 Å². The highest BCUT2D eigenvalue weighted by molar-refractivity contribution is 5.42. The van der Waals surface area contributed by atoms with Crippen molar-refractivity contribution in [1.82, 2.24) is 0 Å². The molecule has 2 aliphatic carbocycles. The molecule has 1 saturated carbocycles. The normalized spacial score (nSPS) is 28.6. The van der Waals surface area contributed by atoms with Gasteiger partial charge in [0, 0.05) is 6.54 Å². The molecule has 0 bridgehead atoms. The third-order valence-corrected chi connectivity index (χ3v) is 13.3. The first-order chi connectivity index (χ1) is 22.7. The molecule has 0 aliphatic heterocycles. The molecule has 0 amide bonds. The summed E-state index contributed by atoms with van der Waals surface area (Å²) < 4.78 is 0. The Labute approximate surface area is 302 Å². The Kier molecular flexibility index (Phi) is 19.1. The molecule has 10 unspecified atom stereocenters. The van der Waals surface area contributed by atoms with Gasteiger partial charge in [0.15, 0.2) is 0 Å². The van der Waals surface area contributed by atoms with Crippen LogP contribution in [-0.4, -0.2) is 6.54 Å². The van der Waals surface area contributed by atoms with Crippen LogP contribution in [0.3, 0.4) is 0 Å². The van der Waals surface area contributed by atoms with E-state index >= 15 is 0 Å². The molecule has 2 N–H and O–H groups in total. The van der Waals surface area contributed by atoms with Gasteiger partial charge in [-0.15, -0.1) is 0 Å². The lowest BCUT2D eigenvalue weighted by atomic mass is 9.76. The summed E-state index contributed by atoms with van der Waals surface area (Å²) in [5.74, 6) is 7.66. The quantitative estimate of drug-likeness (QED) is 0.129. The standard InChI is InChI=1S/C47H85N/c1-14-20-42(24-19-21-33(4)29-41(16-3)40(11)39(10)31-47(12,13)27-15-2)37(8)30-44-45(38(9)28-34(5)32-48)46(44)43-23-18-17-22-35(6)36(7)25-26-43/h25-26,28,31,33,35-37,40-44,46H,14-24,27,29-30,32,48H2,1-13H3. The molecule has 10 atom stereocenters. The van der Waals surface area contributed by atoms with Crippen LogP contribution in [0.25, 0.3) is 0 Å². The van der Waals surface area contributed by atoms with Crippen LogP contribution in [0.1, 0.15) is 180 Å². The number of allylic oxidation sites excluding steroid dienone is 7. The number of nitrogens with two attached hydrogens (primary N) is 1. The first-order valence-corrected chi connectivity index (χ1v) is 21.1. The highest BCUT2D eigenvalue weighted by Gasteiger charge is 2.49. The van der Waals surface area contributed by atoms with Gasteiger partial charge in [0.05, 0.1) is 0 Å². The van der Waals surface area contributed by atoms with E-state index < -0.39 is 0 Å². The minimum absolute atomic E-state index is 0.320. The van der Waals surface area contributed by atoms with Gasteiger partial charge in [0.1, 0.15) is 0 Å². The van der Waals surface area contributed by atoms with Gasteiger partial charge in [-0.1, -0.05) is 180 Å². The molecular formula is C47H85N. The third-order valence-electron chi connectivity index (χ3n) is 13.3. The molecule has 2 rings (SSSR count). The van der Waals surface area contributed by atoms with E-state index in [4.69, 9.17) is 5.73 Å². The van der Waals surface area contributed by atoms with Gasteiger partial charge >= 0.3 is 0 Å². The first-order valence-electron chi connectivity index (χ1n) is 21.1. The highest BCUT2D eigenvalue weighted by Crippen LogP contribution is 2.58. The molecule has 0 heterocycles. The van der Waals surface area contributed by atoms with Crippen LogP contribution >= 0.6 is 0 Å². The second-order valence-corrected chi connectivity index (χ2v) is 18.3. The van der Waals surface area contributed by atoms with Crippen molar-refractivity contribution in [3.63, 3.8) is 0 Å². The maximum absolute atomic E-state index is 6.05. The van der Waals surface area contributed by atoms with Crippen molar-refractivity contribution in [2.45, 2.75) is 180 Å².